The Hall–Kier alpha value is -2.81. The highest BCUT2D eigenvalue weighted by Gasteiger charge is 2.54. The van der Waals surface area contributed by atoms with Crippen LogP contribution in [0.3, 0.4) is 0 Å². The molecule has 0 bridgehead atoms. The number of nitrogens with zero attached hydrogens (tertiary/aromatic N) is 1. The van der Waals surface area contributed by atoms with Crippen molar-refractivity contribution in [3.05, 3.63) is 33.1 Å². The number of aromatic amines is 1. The number of ether oxygens (including phenoxy) is 4. The van der Waals surface area contributed by atoms with Crippen molar-refractivity contribution >= 4 is 26.2 Å². The van der Waals surface area contributed by atoms with E-state index in [0.717, 1.165) is 24.9 Å². The number of methoxy groups -OCH3 is 3. The first-order chi connectivity index (χ1) is 16.7. The van der Waals surface area contributed by atoms with E-state index in [1.54, 1.807) is 0 Å². The SMILES string of the molecule is COC(=O)C[C@@H](NC(=O)[C@H]1O[C@@H](n2ccc(=O)[nH]c2=O)[C@@H](OC)C1O[Si](C)(C)C(C)(C)C)C(=O)OC. The number of rotatable bonds is 9. The summed E-state index contributed by atoms with van der Waals surface area (Å²) in [6, 6.07) is -0.207. The molecule has 2 rings (SSSR count). The molecule has 1 aliphatic rings. The number of carbonyl (C=O) groups is 3. The van der Waals surface area contributed by atoms with Crippen LogP contribution in [0.15, 0.2) is 21.9 Å². The molecule has 1 unspecified atom stereocenters. The minimum atomic E-state index is -2.52. The molecule has 13 nitrogen and oxygen atoms in total. The molecule has 2 heterocycles. The molecule has 14 heteroatoms. The zero-order valence-electron chi connectivity index (χ0n) is 21.8. The second kappa shape index (κ2) is 11.5. The van der Waals surface area contributed by atoms with E-state index in [1.165, 1.54) is 13.3 Å². The maximum atomic E-state index is 13.4. The predicted molar refractivity (Wildman–Crippen MR) is 129 cm³/mol. The van der Waals surface area contributed by atoms with Crippen LogP contribution in [0.25, 0.3) is 0 Å². The van der Waals surface area contributed by atoms with Crippen molar-refractivity contribution in [2.45, 2.75) is 75.9 Å². The van der Waals surface area contributed by atoms with Gasteiger partial charge < -0.3 is 28.7 Å². The predicted octanol–water partition coefficient (Wildman–Crippen LogP) is 0.0603. The van der Waals surface area contributed by atoms with Crippen LogP contribution >= 0.6 is 0 Å². The van der Waals surface area contributed by atoms with E-state index in [0.29, 0.717) is 0 Å². The Kier molecular flexibility index (Phi) is 9.39. The first-order valence-electron chi connectivity index (χ1n) is 11.3. The largest absolute Gasteiger partial charge is 0.469 e. The van der Waals surface area contributed by atoms with Gasteiger partial charge in [0.1, 0.15) is 18.2 Å². The second-order valence-corrected chi connectivity index (χ2v) is 14.6. The molecular formula is C22H35N3O10Si. The zero-order chi connectivity index (χ0) is 27.4. The normalized spacial score (nSPS) is 23.1. The fourth-order valence-corrected chi connectivity index (χ4v) is 4.73. The van der Waals surface area contributed by atoms with Crippen molar-refractivity contribution in [3.63, 3.8) is 0 Å². The van der Waals surface area contributed by atoms with E-state index in [9.17, 15) is 24.0 Å². The van der Waals surface area contributed by atoms with Gasteiger partial charge in [0, 0.05) is 19.4 Å². The molecule has 1 saturated heterocycles. The summed E-state index contributed by atoms with van der Waals surface area (Å²) in [4.78, 5) is 63.6. The monoisotopic (exact) mass is 529 g/mol. The second-order valence-electron chi connectivity index (χ2n) is 9.87. The molecule has 2 N–H and O–H groups in total. The van der Waals surface area contributed by atoms with Crippen LogP contribution in [0.4, 0.5) is 0 Å². The lowest BCUT2D eigenvalue weighted by Crippen LogP contribution is -2.54. The van der Waals surface area contributed by atoms with Gasteiger partial charge >= 0.3 is 17.6 Å². The molecule has 1 fully saturated rings. The summed E-state index contributed by atoms with van der Waals surface area (Å²) in [5.41, 5.74) is -1.37. The van der Waals surface area contributed by atoms with E-state index in [-0.39, 0.29) is 5.04 Å². The fraction of sp³-hybridized carbons (Fsp3) is 0.682. The number of H-pyrrole nitrogens is 1. The average molecular weight is 530 g/mol. The highest BCUT2D eigenvalue weighted by atomic mass is 28.4. The molecule has 1 amide bonds. The van der Waals surface area contributed by atoms with Crippen LogP contribution in [0.5, 0.6) is 0 Å². The molecule has 0 saturated carbocycles. The number of hydrogen-bond donors (Lipinski definition) is 2. The molecule has 1 aliphatic heterocycles. The third kappa shape index (κ3) is 6.49. The Morgan fingerprint density at radius 1 is 1.14 bits per heavy atom. The van der Waals surface area contributed by atoms with E-state index < -0.39 is 74.4 Å². The van der Waals surface area contributed by atoms with Crippen molar-refractivity contribution in [2.75, 3.05) is 21.3 Å². The Balaban J connectivity index is 2.49. The summed E-state index contributed by atoms with van der Waals surface area (Å²) in [5.74, 6) is -2.37. The minimum absolute atomic E-state index is 0.251. The van der Waals surface area contributed by atoms with Crippen molar-refractivity contribution in [2.24, 2.45) is 0 Å². The number of nitrogens with one attached hydrogen (secondary N) is 2. The quantitative estimate of drug-likeness (QED) is 0.330. The van der Waals surface area contributed by atoms with Crippen molar-refractivity contribution in [1.29, 1.82) is 0 Å². The Bertz CT molecular complexity index is 1080. The molecule has 36 heavy (non-hydrogen) atoms. The zero-order valence-corrected chi connectivity index (χ0v) is 22.8. The van der Waals surface area contributed by atoms with Gasteiger partial charge in [-0.25, -0.2) is 9.59 Å². The first-order valence-corrected chi connectivity index (χ1v) is 14.2. The molecule has 0 aliphatic carbocycles. The molecule has 1 aromatic heterocycles. The van der Waals surface area contributed by atoms with E-state index in [4.69, 9.17) is 18.6 Å². The molecule has 0 spiro atoms. The van der Waals surface area contributed by atoms with Crippen molar-refractivity contribution < 1.29 is 37.8 Å². The molecule has 5 atom stereocenters. The number of amides is 1. The van der Waals surface area contributed by atoms with Gasteiger partial charge in [0.25, 0.3) is 11.5 Å². The number of esters is 2. The van der Waals surface area contributed by atoms with Gasteiger partial charge in [-0.15, -0.1) is 0 Å². The minimum Gasteiger partial charge on any atom is -0.469 e. The standard InChI is InChI=1S/C22H35N3O10Si/c1-22(2,3)36(7,8)35-15-16(18(28)23-12(20(29)33-6)11-14(27)31-4)34-19(17(15)32-5)25-10-9-13(26)24-21(25)30/h9-10,12,15-17,19H,11H2,1-8H3,(H,23,28)(H,24,26,30)/t12-,15?,16+,17+,19-/m1/s1. The van der Waals surface area contributed by atoms with Crippen LogP contribution < -0.4 is 16.6 Å². The van der Waals surface area contributed by atoms with Gasteiger partial charge in [-0.1, -0.05) is 20.8 Å². The van der Waals surface area contributed by atoms with Gasteiger partial charge in [0.05, 0.1) is 20.6 Å². The van der Waals surface area contributed by atoms with Crippen LogP contribution in [0, 0.1) is 0 Å². The number of aromatic nitrogens is 2. The average Bonchev–Trinajstić information content (AvgIpc) is 3.14. The summed E-state index contributed by atoms with van der Waals surface area (Å²) >= 11 is 0. The summed E-state index contributed by atoms with van der Waals surface area (Å²) in [7, 11) is 1.13. The summed E-state index contributed by atoms with van der Waals surface area (Å²) in [5, 5.41) is 2.21. The molecule has 202 valence electrons. The van der Waals surface area contributed by atoms with Crippen molar-refractivity contribution in [3.8, 4) is 0 Å². The Labute approximate surface area is 209 Å². The maximum absolute atomic E-state index is 13.4. The number of hydrogen-bond acceptors (Lipinski definition) is 10. The van der Waals surface area contributed by atoms with Crippen LogP contribution in [-0.4, -0.2) is 81.4 Å². The molecule has 1 aromatic rings. The molecular weight excluding hydrogens is 494 g/mol. The van der Waals surface area contributed by atoms with Gasteiger partial charge in [-0.2, -0.15) is 0 Å². The van der Waals surface area contributed by atoms with E-state index in [2.05, 4.69) is 15.0 Å². The van der Waals surface area contributed by atoms with Gasteiger partial charge in [-0.3, -0.25) is 23.9 Å². The first kappa shape index (κ1) is 29.4. The Morgan fingerprint density at radius 2 is 1.78 bits per heavy atom. The van der Waals surface area contributed by atoms with Crippen LogP contribution in [0.2, 0.25) is 18.1 Å². The van der Waals surface area contributed by atoms with Crippen molar-refractivity contribution in [1.82, 2.24) is 14.9 Å². The lowest BCUT2D eigenvalue weighted by atomic mass is 10.1. The van der Waals surface area contributed by atoms with E-state index in [1.807, 2.05) is 33.9 Å². The third-order valence-corrected chi connectivity index (χ3v) is 11.0. The van der Waals surface area contributed by atoms with Gasteiger partial charge in [0.2, 0.25) is 0 Å². The van der Waals surface area contributed by atoms with E-state index >= 15 is 0 Å². The number of carbonyl (C=O) groups excluding carboxylic acids is 3. The molecule has 0 aromatic carbocycles. The molecule has 0 radical (unpaired) electrons. The summed E-state index contributed by atoms with van der Waals surface area (Å²) in [6.45, 7) is 9.99. The topological polar surface area (TPSA) is 164 Å². The highest BCUT2D eigenvalue weighted by molar-refractivity contribution is 6.74. The smallest absolute Gasteiger partial charge is 0.330 e. The van der Waals surface area contributed by atoms with Crippen LogP contribution in [0.1, 0.15) is 33.4 Å². The third-order valence-electron chi connectivity index (χ3n) is 6.48. The fourth-order valence-electron chi connectivity index (χ4n) is 3.44. The lowest BCUT2D eigenvalue weighted by Gasteiger charge is -2.40. The maximum Gasteiger partial charge on any atom is 0.330 e. The van der Waals surface area contributed by atoms with Gasteiger partial charge in [-0.05, 0) is 18.1 Å². The lowest BCUT2D eigenvalue weighted by molar-refractivity contribution is -0.152. The summed E-state index contributed by atoms with van der Waals surface area (Å²) in [6.07, 6.45) is -3.63. The van der Waals surface area contributed by atoms with Crippen LogP contribution in [-0.2, 0) is 37.8 Å². The Morgan fingerprint density at radius 3 is 2.28 bits per heavy atom. The summed E-state index contributed by atoms with van der Waals surface area (Å²) < 4.78 is 28.5. The highest BCUT2D eigenvalue weighted by Crippen LogP contribution is 2.41. The van der Waals surface area contributed by atoms with Gasteiger partial charge in [0.15, 0.2) is 20.6 Å².